The molecule has 112 heavy (non-hydrogen) atoms. The number of Topliss-reactive ketones (excluding diaryl/α,β-unsaturated/α-hetero) is 4. The van der Waals surface area contributed by atoms with E-state index in [1.807, 2.05) is 0 Å². The molecule has 0 aliphatic carbocycles. The van der Waals surface area contributed by atoms with Crippen molar-refractivity contribution in [3.63, 3.8) is 0 Å². The highest BCUT2D eigenvalue weighted by Crippen LogP contribution is 2.31. The van der Waals surface area contributed by atoms with E-state index in [0.29, 0.717) is 148 Å². The molecular weight excluding hydrogens is 1460 g/mol. The predicted octanol–water partition coefficient (Wildman–Crippen LogP) is 3.16. The fraction of sp³-hybridized carbons (Fsp3) is 0.900. The van der Waals surface area contributed by atoms with Crippen molar-refractivity contribution in [2.24, 2.45) is 17.8 Å². The number of methoxy groups -OCH3 is 1. The van der Waals surface area contributed by atoms with E-state index in [1.165, 1.54) is 0 Å². The first-order valence-corrected chi connectivity index (χ1v) is 41.7. The third kappa shape index (κ3) is 39.8. The first kappa shape index (κ1) is 100. The second kappa shape index (κ2) is 58.6. The minimum Gasteiger partial charge on any atom is -0.394 e. The number of nitrogens with one attached hydrogen (secondary N) is 3. The number of amides is 4. The van der Waals surface area contributed by atoms with Crippen LogP contribution in [0.4, 0.5) is 0 Å². The van der Waals surface area contributed by atoms with Gasteiger partial charge in [-0.15, -0.1) is 0 Å². The number of carbonyl (C=O) groups is 8. The van der Waals surface area contributed by atoms with Gasteiger partial charge < -0.3 is 119 Å². The van der Waals surface area contributed by atoms with Gasteiger partial charge in [-0.05, 0) is 89.9 Å². The molecule has 13 N–H and O–H groups in total. The molecule has 4 fully saturated rings. The molecule has 650 valence electrons. The van der Waals surface area contributed by atoms with Crippen LogP contribution >= 0.6 is 0 Å². The minimum absolute atomic E-state index is 0.00385. The molecule has 0 aromatic carbocycles. The summed E-state index contributed by atoms with van der Waals surface area (Å²) >= 11 is 0. The van der Waals surface area contributed by atoms with Gasteiger partial charge in [-0.3, -0.25) is 38.4 Å². The first-order valence-electron chi connectivity index (χ1n) is 41.7. The number of aliphatic hydroxyl groups is 10. The zero-order chi connectivity index (χ0) is 82.1. The van der Waals surface area contributed by atoms with Gasteiger partial charge in [0.05, 0.1) is 96.5 Å². The van der Waals surface area contributed by atoms with Crippen molar-refractivity contribution in [3.05, 3.63) is 0 Å². The molecule has 0 radical (unpaired) electrons. The lowest BCUT2D eigenvalue weighted by atomic mass is 9.92. The standard InChI is InChI=1S/C80H142N4O28/c1-55-71(97)74(100)64(48-85)110-77(55)107-40-22-19-30-59(88)26-13-11-15-28-61(90)35-43-104-52-80(83-69(95)33-17-9-7-5-6-8-10-18-34-70(96)84-47-63(92)46-58(84)51-103-4,53-105-44-36-62(91)29-16-12-14-27-60(89)31-20-23-41-108-78-56(2)72(98)75(101)65(49-86)111-78)54-106-45-37-68(94)82-39-25-38-81-67(93)32-21-24-42-109-79-57(3)73(99)76(102)66(50-87)112-79/h55-58,63-66,71-79,85-87,92,97-102H,5-54H2,1-4H3,(H,81,93)(H,82,94)(H,83,95). The Labute approximate surface area is 662 Å². The Hall–Kier alpha value is -4.24. The maximum absolute atomic E-state index is 14.0. The fourth-order valence-electron chi connectivity index (χ4n) is 14.2. The van der Waals surface area contributed by atoms with E-state index >= 15 is 0 Å². The van der Waals surface area contributed by atoms with E-state index in [9.17, 15) is 89.4 Å². The molecule has 0 saturated carbocycles. The third-order valence-electron chi connectivity index (χ3n) is 21.4. The highest BCUT2D eigenvalue weighted by atomic mass is 16.7. The molecule has 17 atom stereocenters. The average molecular weight is 1610 g/mol. The van der Waals surface area contributed by atoms with Crippen molar-refractivity contribution in [3.8, 4) is 0 Å². The largest absolute Gasteiger partial charge is 0.394 e. The molecule has 4 aliphatic heterocycles. The maximum atomic E-state index is 14.0. The second-order valence-corrected chi connectivity index (χ2v) is 31.1. The van der Waals surface area contributed by atoms with Crippen LogP contribution in [0.15, 0.2) is 0 Å². The summed E-state index contributed by atoms with van der Waals surface area (Å²) in [5.41, 5.74) is -1.33. The summed E-state index contributed by atoms with van der Waals surface area (Å²) in [4.78, 5) is 106. The van der Waals surface area contributed by atoms with Crippen molar-refractivity contribution in [2.75, 3.05) is 113 Å². The summed E-state index contributed by atoms with van der Waals surface area (Å²) in [5.74, 6) is -2.22. The van der Waals surface area contributed by atoms with E-state index in [-0.39, 0.29) is 164 Å². The summed E-state index contributed by atoms with van der Waals surface area (Å²) < 4.78 is 57.9. The lowest BCUT2D eigenvalue weighted by Crippen LogP contribution is -2.58. The van der Waals surface area contributed by atoms with Gasteiger partial charge in [0.15, 0.2) is 18.9 Å². The Balaban J connectivity index is 1.27. The second-order valence-electron chi connectivity index (χ2n) is 31.1. The topological polar surface area (TPSA) is 470 Å². The summed E-state index contributed by atoms with van der Waals surface area (Å²) in [7, 11) is 1.59. The van der Waals surface area contributed by atoms with Gasteiger partial charge in [-0.1, -0.05) is 72.1 Å². The molecule has 4 rings (SSSR count). The molecule has 0 bridgehead atoms. The number of ketones is 4. The fourth-order valence-corrected chi connectivity index (χ4v) is 14.2. The quantitative estimate of drug-likeness (QED) is 0.0389. The average Bonchev–Trinajstić information content (AvgIpc) is 1.18. The molecule has 0 aromatic heterocycles. The van der Waals surface area contributed by atoms with E-state index in [1.54, 1.807) is 32.8 Å². The maximum Gasteiger partial charge on any atom is 0.222 e. The van der Waals surface area contributed by atoms with Crippen molar-refractivity contribution in [1.82, 2.24) is 20.9 Å². The number of hydrogen-bond acceptors (Lipinski definition) is 28. The molecule has 32 nitrogen and oxygen atoms in total. The SMILES string of the molecule is COCC1CC(O)CN1C(=O)CCCCCCCCCCC(=O)NC(COCCC(=O)CCCCCC(=O)CCCCOC1OC(CO)C(O)C(O)C1C)(COCCC(=O)CCCCCC(=O)CCCCOC1OC(CO)C(O)C(O)C1C)COCCC(=O)NCCCNC(=O)CCCCOC1OC(CO)C(O)C(O)C1C. The highest BCUT2D eigenvalue weighted by Gasteiger charge is 2.45. The van der Waals surface area contributed by atoms with Crippen LogP contribution in [0.1, 0.15) is 239 Å². The number of β-amino-alcohol motifs (C(OH)–C–C–N with tert-alkyl or cyclic N) is 1. The van der Waals surface area contributed by atoms with Crippen molar-refractivity contribution in [1.29, 1.82) is 0 Å². The predicted molar refractivity (Wildman–Crippen MR) is 408 cm³/mol. The Morgan fingerprint density at radius 1 is 0.384 bits per heavy atom. The molecule has 4 saturated heterocycles. The Kier molecular flexibility index (Phi) is 52.4. The van der Waals surface area contributed by atoms with Crippen LogP contribution in [0.3, 0.4) is 0 Å². The Bertz CT molecular complexity index is 2400. The number of likely N-dealkylation sites (tertiary alicyclic amines) is 1. The number of rotatable bonds is 66. The third-order valence-corrected chi connectivity index (χ3v) is 21.4. The Morgan fingerprint density at radius 3 is 1.10 bits per heavy atom. The van der Waals surface area contributed by atoms with E-state index in [4.69, 9.17) is 47.4 Å². The van der Waals surface area contributed by atoms with Crippen molar-refractivity contribution < 1.29 is 137 Å². The van der Waals surface area contributed by atoms with Gasteiger partial charge in [0.25, 0.3) is 0 Å². The number of nitrogens with zero attached hydrogens (tertiary/aromatic N) is 1. The number of aliphatic hydroxyl groups excluding tert-OH is 10. The molecule has 32 heteroatoms. The number of ether oxygens (including phenoxy) is 10. The number of hydrogen-bond donors (Lipinski definition) is 13. The van der Waals surface area contributed by atoms with Crippen LogP contribution in [0, 0.1) is 17.8 Å². The van der Waals surface area contributed by atoms with Crippen LogP contribution in [0.2, 0.25) is 0 Å². The Morgan fingerprint density at radius 2 is 0.705 bits per heavy atom. The lowest BCUT2D eigenvalue weighted by Gasteiger charge is -2.40. The van der Waals surface area contributed by atoms with Gasteiger partial charge in [-0.2, -0.15) is 0 Å². The van der Waals surface area contributed by atoms with Crippen molar-refractivity contribution in [2.45, 2.75) is 331 Å². The van der Waals surface area contributed by atoms with E-state index < -0.39 is 123 Å². The van der Waals surface area contributed by atoms with Gasteiger partial charge in [0.1, 0.15) is 65.3 Å². The summed E-state index contributed by atoms with van der Waals surface area (Å²) in [5, 5.41) is 109. The number of unbranched alkanes of at least 4 members (excludes halogenated alkanes) is 14. The van der Waals surface area contributed by atoms with E-state index in [0.717, 1.165) is 44.9 Å². The molecule has 0 aromatic rings. The molecule has 4 heterocycles. The van der Waals surface area contributed by atoms with Gasteiger partial charge >= 0.3 is 0 Å². The van der Waals surface area contributed by atoms with Crippen LogP contribution in [0.25, 0.3) is 0 Å². The number of carbonyl (C=O) groups excluding carboxylic acids is 8. The smallest absolute Gasteiger partial charge is 0.222 e. The molecular formula is C80H142N4O28. The van der Waals surface area contributed by atoms with Gasteiger partial charge in [-0.25, -0.2) is 0 Å². The van der Waals surface area contributed by atoms with Crippen LogP contribution in [0.5, 0.6) is 0 Å². The molecule has 4 amide bonds. The van der Waals surface area contributed by atoms with Crippen LogP contribution in [-0.2, 0) is 85.7 Å². The van der Waals surface area contributed by atoms with Crippen LogP contribution < -0.4 is 16.0 Å². The molecule has 4 aliphatic rings. The zero-order valence-electron chi connectivity index (χ0n) is 67.4. The summed E-state index contributed by atoms with van der Waals surface area (Å²) in [6.45, 7) is 5.22. The minimum atomic E-state index is -1.33. The van der Waals surface area contributed by atoms with Gasteiger partial charge in [0.2, 0.25) is 23.6 Å². The molecule has 0 spiro atoms. The van der Waals surface area contributed by atoms with Crippen LogP contribution in [-0.4, -0.2) is 307 Å². The molecule has 17 unspecified atom stereocenters. The zero-order valence-corrected chi connectivity index (χ0v) is 67.4. The normalized spacial score (nSPS) is 26.6. The first-order chi connectivity index (χ1) is 53.9. The van der Waals surface area contributed by atoms with Crippen molar-refractivity contribution >= 4 is 46.8 Å². The monoisotopic (exact) mass is 1610 g/mol. The summed E-state index contributed by atoms with van der Waals surface area (Å²) in [6.07, 6.45) is 4.83. The summed E-state index contributed by atoms with van der Waals surface area (Å²) in [6, 6.07) is -0.108. The lowest BCUT2D eigenvalue weighted by molar-refractivity contribution is -0.282. The van der Waals surface area contributed by atoms with E-state index in [2.05, 4.69) is 16.0 Å². The highest BCUT2D eigenvalue weighted by molar-refractivity contribution is 5.80. The van der Waals surface area contributed by atoms with Gasteiger partial charge in [0, 0.05) is 141 Å².